The van der Waals surface area contributed by atoms with E-state index in [4.69, 9.17) is 23.5 Å². The van der Waals surface area contributed by atoms with Crippen molar-refractivity contribution in [3.63, 3.8) is 0 Å². The van der Waals surface area contributed by atoms with Crippen molar-refractivity contribution in [3.05, 3.63) is 101 Å². The molecule has 1 aliphatic rings. The third-order valence-corrected chi connectivity index (χ3v) is 8.95. The van der Waals surface area contributed by atoms with Crippen LogP contribution >= 0.6 is 0 Å². The molecule has 310 valence electrons. The molecule has 16 heteroatoms. The summed E-state index contributed by atoms with van der Waals surface area (Å²) in [5.74, 6) is -1.09. The molecule has 0 spiro atoms. The van der Waals surface area contributed by atoms with Gasteiger partial charge in [-0.2, -0.15) is 4.98 Å². The highest BCUT2D eigenvalue weighted by Crippen LogP contribution is 2.38. The van der Waals surface area contributed by atoms with Gasteiger partial charge in [-0.25, -0.2) is 4.98 Å². The summed E-state index contributed by atoms with van der Waals surface area (Å²) < 4.78 is 28.3. The maximum Gasteiger partial charge on any atom is 0.308 e. The molecule has 58 heavy (non-hydrogen) atoms. The average molecular weight is 800 g/mol. The Morgan fingerprint density at radius 2 is 1.60 bits per heavy atom. The standard InChI is InChI=1S/C42H53N7O9/c1-42(2,3)57-35(50)23-31(38(51)44-21-19-34-48-37(49-58-34)29-16-17-29)47-40(53)36-33(18-20-45-41(36)54-5)56-25-30(22-27-12-8-6-9-13-27)46-39(52)32(43-4)26-55-24-28-14-10-7-11-15-28/h6-15,18,20,29-32,43H,16-17,19,21-26H2,1-5H3,(H,44,51)(H,46,52)(H,47,53)/t30-,31+,32?/m1/s1. The van der Waals surface area contributed by atoms with Gasteiger partial charge in [0.25, 0.3) is 5.91 Å². The number of nitrogens with one attached hydrogen (secondary N) is 4. The van der Waals surface area contributed by atoms with Crippen molar-refractivity contribution in [3.8, 4) is 11.6 Å². The van der Waals surface area contributed by atoms with Crippen molar-refractivity contribution in [2.24, 2.45) is 0 Å². The summed E-state index contributed by atoms with van der Waals surface area (Å²) in [6, 6.07) is 18.2. The second-order valence-electron chi connectivity index (χ2n) is 14.9. The Morgan fingerprint density at radius 3 is 2.26 bits per heavy atom. The van der Waals surface area contributed by atoms with Gasteiger partial charge in [0.2, 0.25) is 23.6 Å². The first kappa shape index (κ1) is 43.3. The number of likely N-dealkylation sites (N-methyl/N-ethyl adjacent to an activating group) is 1. The van der Waals surface area contributed by atoms with Gasteiger partial charge in [0.15, 0.2) is 5.82 Å². The van der Waals surface area contributed by atoms with Crippen molar-refractivity contribution >= 4 is 23.7 Å². The third-order valence-electron chi connectivity index (χ3n) is 8.95. The van der Waals surface area contributed by atoms with Crippen molar-refractivity contribution in [2.75, 3.05) is 33.9 Å². The van der Waals surface area contributed by atoms with E-state index in [1.165, 1.54) is 19.4 Å². The number of benzene rings is 2. The van der Waals surface area contributed by atoms with Crippen LogP contribution in [0.4, 0.5) is 0 Å². The predicted octanol–water partition coefficient (Wildman–Crippen LogP) is 3.45. The average Bonchev–Trinajstić information content (AvgIpc) is 3.95. The highest BCUT2D eigenvalue weighted by molar-refractivity contribution is 6.02. The van der Waals surface area contributed by atoms with Gasteiger partial charge in [-0.05, 0) is 64.3 Å². The first-order chi connectivity index (χ1) is 27.9. The van der Waals surface area contributed by atoms with Gasteiger partial charge in [-0.3, -0.25) is 19.2 Å². The lowest BCUT2D eigenvalue weighted by molar-refractivity contribution is -0.156. The number of carbonyl (C=O) groups excluding carboxylic acids is 4. The van der Waals surface area contributed by atoms with Gasteiger partial charge in [0, 0.05) is 25.1 Å². The van der Waals surface area contributed by atoms with E-state index in [1.807, 2.05) is 60.7 Å². The van der Waals surface area contributed by atoms with E-state index >= 15 is 0 Å². The van der Waals surface area contributed by atoms with E-state index in [0.29, 0.717) is 30.7 Å². The molecule has 3 amide bonds. The summed E-state index contributed by atoms with van der Waals surface area (Å²) in [4.78, 5) is 62.7. The van der Waals surface area contributed by atoms with Crippen LogP contribution in [0.1, 0.15) is 79.2 Å². The molecule has 4 N–H and O–H groups in total. The van der Waals surface area contributed by atoms with Crippen LogP contribution in [-0.2, 0) is 43.3 Å². The SMILES string of the molecule is CNC(COCc1ccccc1)C(=O)N[C@@H](COc1ccnc(OC)c1C(=O)N[C@@H](CC(=O)OC(C)(C)C)C(=O)NCCc1nc(C2CC2)no1)Cc1ccccc1. The van der Waals surface area contributed by atoms with Gasteiger partial charge < -0.3 is 44.7 Å². The van der Waals surface area contributed by atoms with Crippen LogP contribution in [-0.4, -0.2) is 96.5 Å². The van der Waals surface area contributed by atoms with E-state index in [-0.39, 0.29) is 49.3 Å². The van der Waals surface area contributed by atoms with Crippen LogP contribution in [0.3, 0.4) is 0 Å². The van der Waals surface area contributed by atoms with E-state index in [0.717, 1.165) is 24.0 Å². The molecule has 4 aromatic rings. The number of amides is 3. The zero-order valence-corrected chi connectivity index (χ0v) is 33.6. The molecule has 16 nitrogen and oxygen atoms in total. The lowest BCUT2D eigenvalue weighted by Crippen LogP contribution is -2.51. The molecule has 0 saturated heterocycles. The molecule has 1 saturated carbocycles. The molecule has 1 aliphatic carbocycles. The van der Waals surface area contributed by atoms with Crippen LogP contribution in [0.2, 0.25) is 0 Å². The Bertz CT molecular complexity index is 1950. The number of hydrogen-bond donors (Lipinski definition) is 4. The summed E-state index contributed by atoms with van der Waals surface area (Å²) >= 11 is 0. The van der Waals surface area contributed by atoms with Crippen LogP contribution in [0.25, 0.3) is 0 Å². The first-order valence-electron chi connectivity index (χ1n) is 19.3. The number of ether oxygens (including phenoxy) is 4. The molecule has 2 heterocycles. The number of hydrogen-bond acceptors (Lipinski definition) is 13. The second-order valence-corrected chi connectivity index (χ2v) is 14.9. The number of methoxy groups -OCH3 is 1. The summed E-state index contributed by atoms with van der Waals surface area (Å²) in [5, 5.41) is 15.5. The summed E-state index contributed by atoms with van der Waals surface area (Å²) in [7, 11) is 3.03. The van der Waals surface area contributed by atoms with E-state index < -0.39 is 47.9 Å². The highest BCUT2D eigenvalue weighted by atomic mass is 16.6. The molecule has 1 unspecified atom stereocenters. The van der Waals surface area contributed by atoms with Crippen LogP contribution in [0.15, 0.2) is 77.4 Å². The molecule has 0 aliphatic heterocycles. The lowest BCUT2D eigenvalue weighted by atomic mass is 10.1. The van der Waals surface area contributed by atoms with Gasteiger partial charge >= 0.3 is 5.97 Å². The molecule has 2 aromatic heterocycles. The second kappa shape index (κ2) is 21.0. The number of aromatic nitrogens is 3. The van der Waals surface area contributed by atoms with Crippen molar-refractivity contribution in [1.82, 2.24) is 36.4 Å². The molecule has 1 fully saturated rings. The minimum absolute atomic E-state index is 0.0602. The third kappa shape index (κ3) is 13.7. The predicted molar refractivity (Wildman–Crippen MR) is 212 cm³/mol. The number of carbonyl (C=O) groups is 4. The van der Waals surface area contributed by atoms with E-state index in [1.54, 1.807) is 27.8 Å². The maximum atomic E-state index is 14.1. The Balaban J connectivity index is 1.28. The Morgan fingerprint density at radius 1 is 0.897 bits per heavy atom. The molecular weight excluding hydrogens is 747 g/mol. The first-order valence-corrected chi connectivity index (χ1v) is 19.3. The molecule has 2 aromatic carbocycles. The summed E-state index contributed by atoms with van der Waals surface area (Å²) in [6.07, 6.45) is 3.64. The minimum Gasteiger partial charge on any atom is -0.490 e. The topological polar surface area (TPSA) is 205 Å². The monoisotopic (exact) mass is 799 g/mol. The van der Waals surface area contributed by atoms with E-state index in [9.17, 15) is 19.2 Å². The fraction of sp³-hybridized carbons (Fsp3) is 0.452. The summed E-state index contributed by atoms with van der Waals surface area (Å²) in [6.45, 7) is 5.63. The van der Waals surface area contributed by atoms with Gasteiger partial charge in [-0.1, -0.05) is 65.8 Å². The van der Waals surface area contributed by atoms with Gasteiger partial charge in [-0.15, -0.1) is 0 Å². The lowest BCUT2D eigenvalue weighted by Gasteiger charge is -2.24. The van der Waals surface area contributed by atoms with Crippen LogP contribution in [0, 0.1) is 0 Å². The number of nitrogens with zero attached hydrogens (tertiary/aromatic N) is 3. The van der Waals surface area contributed by atoms with Gasteiger partial charge in [0.05, 0.1) is 32.8 Å². The fourth-order valence-electron chi connectivity index (χ4n) is 5.89. The minimum atomic E-state index is -1.35. The number of esters is 1. The molecular formula is C42H53N7O9. The van der Waals surface area contributed by atoms with Crippen molar-refractivity contribution in [2.45, 2.75) is 89.1 Å². The number of pyridine rings is 1. The van der Waals surface area contributed by atoms with E-state index in [2.05, 4.69) is 36.4 Å². The molecule has 0 bridgehead atoms. The fourth-order valence-corrected chi connectivity index (χ4v) is 5.89. The highest BCUT2D eigenvalue weighted by Gasteiger charge is 2.32. The molecule has 5 rings (SSSR count). The van der Waals surface area contributed by atoms with Crippen molar-refractivity contribution in [1.29, 1.82) is 0 Å². The normalized spacial score (nSPS) is 14.1. The smallest absolute Gasteiger partial charge is 0.308 e. The zero-order chi connectivity index (χ0) is 41.5. The largest absolute Gasteiger partial charge is 0.490 e. The molecule has 0 radical (unpaired) electrons. The Labute approximate surface area is 338 Å². The van der Waals surface area contributed by atoms with Crippen molar-refractivity contribution < 1.29 is 42.6 Å². The summed E-state index contributed by atoms with van der Waals surface area (Å²) in [5.41, 5.74) is 0.986. The molecule has 3 atom stereocenters. The Hall–Kier alpha value is -5.87. The quantitative estimate of drug-likeness (QED) is 0.0843. The maximum absolute atomic E-state index is 14.1. The zero-order valence-electron chi connectivity index (χ0n) is 33.6. The Kier molecular flexibility index (Phi) is 15.7. The van der Waals surface area contributed by atoms with Crippen LogP contribution in [0.5, 0.6) is 11.6 Å². The van der Waals surface area contributed by atoms with Crippen LogP contribution < -0.4 is 30.7 Å². The van der Waals surface area contributed by atoms with Gasteiger partial charge in [0.1, 0.15) is 35.6 Å². The number of rotatable bonds is 22.